The monoisotopic (exact) mass is 333 g/mol. The van der Waals surface area contributed by atoms with Gasteiger partial charge in [0.2, 0.25) is 0 Å². The van der Waals surface area contributed by atoms with E-state index in [2.05, 4.69) is 34.7 Å². The maximum atomic E-state index is 5.71. The molecule has 5 heteroatoms. The molecular weight excluding hydrogens is 302 g/mol. The van der Waals surface area contributed by atoms with E-state index >= 15 is 0 Å². The predicted molar refractivity (Wildman–Crippen MR) is 98.8 cm³/mol. The van der Waals surface area contributed by atoms with Crippen molar-refractivity contribution in [3.63, 3.8) is 0 Å². The molecule has 0 aromatic heterocycles. The van der Waals surface area contributed by atoms with Crippen molar-refractivity contribution in [3.05, 3.63) is 29.8 Å². The molecule has 0 heterocycles. The third kappa shape index (κ3) is 8.20. The molecule has 1 fully saturated rings. The molecule has 1 saturated carbocycles. The molecule has 0 bridgehead atoms. The summed E-state index contributed by atoms with van der Waals surface area (Å²) in [5.41, 5.74) is 1.25. The Kier molecular flexibility index (Phi) is 8.46. The van der Waals surface area contributed by atoms with Gasteiger partial charge in [0.25, 0.3) is 0 Å². The minimum Gasteiger partial charge on any atom is -0.494 e. The minimum absolute atomic E-state index is 0.696. The Hall–Kier alpha value is -1.75. The van der Waals surface area contributed by atoms with Gasteiger partial charge in [0.05, 0.1) is 6.61 Å². The molecule has 24 heavy (non-hydrogen) atoms. The first-order valence-corrected chi connectivity index (χ1v) is 8.99. The van der Waals surface area contributed by atoms with Crippen molar-refractivity contribution in [1.82, 2.24) is 10.6 Å². The van der Waals surface area contributed by atoms with E-state index in [9.17, 15) is 0 Å². The summed E-state index contributed by atoms with van der Waals surface area (Å²) < 4.78 is 11.3. The molecule has 5 nitrogen and oxygen atoms in total. The molecule has 2 N–H and O–H groups in total. The number of guanidine groups is 1. The van der Waals surface area contributed by atoms with E-state index in [0.29, 0.717) is 6.61 Å². The van der Waals surface area contributed by atoms with Crippen LogP contribution in [0.4, 0.5) is 0 Å². The summed E-state index contributed by atoms with van der Waals surface area (Å²) in [5, 5.41) is 6.61. The highest BCUT2D eigenvalue weighted by molar-refractivity contribution is 5.79. The van der Waals surface area contributed by atoms with Gasteiger partial charge in [0.1, 0.15) is 5.75 Å². The minimum atomic E-state index is 0.696. The van der Waals surface area contributed by atoms with Gasteiger partial charge >= 0.3 is 0 Å². The van der Waals surface area contributed by atoms with Crippen LogP contribution in [0.3, 0.4) is 0 Å². The van der Waals surface area contributed by atoms with Crippen LogP contribution in [0.15, 0.2) is 29.3 Å². The van der Waals surface area contributed by atoms with E-state index in [4.69, 9.17) is 9.47 Å². The summed E-state index contributed by atoms with van der Waals surface area (Å²) in [5.74, 6) is 2.61. The van der Waals surface area contributed by atoms with Gasteiger partial charge in [-0.3, -0.25) is 4.99 Å². The number of ether oxygens (including phenoxy) is 2. The zero-order valence-corrected chi connectivity index (χ0v) is 15.0. The van der Waals surface area contributed by atoms with Gasteiger partial charge in [-0.05, 0) is 50.7 Å². The highest BCUT2D eigenvalue weighted by atomic mass is 16.5. The number of hydrogen-bond donors (Lipinski definition) is 2. The van der Waals surface area contributed by atoms with Crippen LogP contribution in [-0.4, -0.2) is 45.9 Å². The van der Waals surface area contributed by atoms with Crippen LogP contribution in [0.25, 0.3) is 0 Å². The second-order valence-electron chi connectivity index (χ2n) is 6.31. The van der Waals surface area contributed by atoms with Crippen molar-refractivity contribution in [2.24, 2.45) is 10.9 Å². The van der Waals surface area contributed by atoms with E-state index in [1.54, 1.807) is 7.05 Å². The van der Waals surface area contributed by atoms with Gasteiger partial charge in [-0.25, -0.2) is 0 Å². The van der Waals surface area contributed by atoms with E-state index in [1.165, 1.54) is 18.4 Å². The maximum Gasteiger partial charge on any atom is 0.190 e. The number of nitrogens with one attached hydrogen (secondary N) is 2. The molecule has 0 saturated heterocycles. The topological polar surface area (TPSA) is 54.9 Å². The first-order valence-electron chi connectivity index (χ1n) is 8.99. The fraction of sp³-hybridized carbons (Fsp3) is 0.632. The van der Waals surface area contributed by atoms with Crippen molar-refractivity contribution >= 4 is 5.96 Å². The summed E-state index contributed by atoms with van der Waals surface area (Å²) in [6.07, 6.45) is 4.63. The van der Waals surface area contributed by atoms with E-state index in [0.717, 1.165) is 56.8 Å². The highest BCUT2D eigenvalue weighted by Gasteiger charge is 2.20. The summed E-state index contributed by atoms with van der Waals surface area (Å²) >= 11 is 0. The lowest BCUT2D eigenvalue weighted by Gasteiger charge is -2.12. The molecule has 1 aliphatic rings. The zero-order valence-electron chi connectivity index (χ0n) is 15.0. The van der Waals surface area contributed by atoms with Crippen molar-refractivity contribution < 1.29 is 9.47 Å². The summed E-state index contributed by atoms with van der Waals surface area (Å²) in [6, 6.07) is 8.14. The average molecular weight is 333 g/mol. The van der Waals surface area contributed by atoms with Gasteiger partial charge in [-0.2, -0.15) is 0 Å². The van der Waals surface area contributed by atoms with Gasteiger partial charge in [0, 0.05) is 33.4 Å². The largest absolute Gasteiger partial charge is 0.494 e. The number of aryl methyl sites for hydroxylation is 1. The fourth-order valence-electron chi connectivity index (χ4n) is 2.24. The van der Waals surface area contributed by atoms with Crippen molar-refractivity contribution in [2.45, 2.75) is 32.6 Å². The lowest BCUT2D eigenvalue weighted by atomic mass is 10.2. The highest BCUT2D eigenvalue weighted by Crippen LogP contribution is 2.28. The van der Waals surface area contributed by atoms with Crippen LogP contribution < -0.4 is 15.4 Å². The predicted octanol–water partition coefficient (Wildman–Crippen LogP) is 2.75. The molecule has 134 valence electrons. The number of aliphatic imine (C=N–C) groups is 1. The number of hydrogen-bond acceptors (Lipinski definition) is 3. The SMILES string of the molecule is CN=C(NCCCOCC1CC1)NCCCOc1ccc(C)cc1. The Morgan fingerprint density at radius 2 is 1.75 bits per heavy atom. The third-order valence-corrected chi connectivity index (χ3v) is 3.94. The van der Waals surface area contributed by atoms with Gasteiger partial charge in [-0.15, -0.1) is 0 Å². The first kappa shape index (κ1) is 18.6. The molecule has 0 amide bonds. The molecule has 0 aliphatic heterocycles. The number of benzene rings is 1. The Labute approximate surface area is 145 Å². The fourth-order valence-corrected chi connectivity index (χ4v) is 2.24. The number of nitrogens with zero attached hydrogens (tertiary/aromatic N) is 1. The zero-order chi connectivity index (χ0) is 17.0. The van der Waals surface area contributed by atoms with Gasteiger partial charge in [0.15, 0.2) is 5.96 Å². The summed E-state index contributed by atoms with van der Waals surface area (Å²) in [4.78, 5) is 4.22. The Morgan fingerprint density at radius 3 is 2.38 bits per heavy atom. The van der Waals surface area contributed by atoms with E-state index < -0.39 is 0 Å². The van der Waals surface area contributed by atoms with Crippen LogP contribution in [0.1, 0.15) is 31.2 Å². The second-order valence-corrected chi connectivity index (χ2v) is 6.31. The van der Waals surface area contributed by atoms with Crippen LogP contribution in [-0.2, 0) is 4.74 Å². The van der Waals surface area contributed by atoms with Gasteiger partial charge < -0.3 is 20.1 Å². The Morgan fingerprint density at radius 1 is 1.08 bits per heavy atom. The van der Waals surface area contributed by atoms with E-state index in [1.807, 2.05) is 12.1 Å². The molecular formula is C19H31N3O2. The summed E-state index contributed by atoms with van der Waals surface area (Å²) in [7, 11) is 1.79. The number of rotatable bonds is 11. The second kappa shape index (κ2) is 10.9. The third-order valence-electron chi connectivity index (χ3n) is 3.94. The van der Waals surface area contributed by atoms with Crippen molar-refractivity contribution in [1.29, 1.82) is 0 Å². The lowest BCUT2D eigenvalue weighted by molar-refractivity contribution is 0.123. The summed E-state index contributed by atoms with van der Waals surface area (Å²) in [6.45, 7) is 6.25. The van der Waals surface area contributed by atoms with Crippen LogP contribution >= 0.6 is 0 Å². The first-order chi connectivity index (χ1) is 11.8. The van der Waals surface area contributed by atoms with Crippen molar-refractivity contribution in [2.75, 3.05) is 40.0 Å². The van der Waals surface area contributed by atoms with Crippen LogP contribution in [0.5, 0.6) is 5.75 Å². The molecule has 0 unspecified atom stereocenters. The van der Waals surface area contributed by atoms with Crippen LogP contribution in [0.2, 0.25) is 0 Å². The molecule has 1 aliphatic carbocycles. The normalized spacial score (nSPS) is 14.5. The molecule has 1 aromatic carbocycles. The Balaban J connectivity index is 1.44. The maximum absolute atomic E-state index is 5.71. The standard InChI is InChI=1S/C19H31N3O2/c1-16-5-9-18(10-6-16)24-14-4-12-22-19(20-2)21-11-3-13-23-15-17-7-8-17/h5-6,9-10,17H,3-4,7-8,11-15H2,1-2H3,(H2,20,21,22). The Bertz CT molecular complexity index is 484. The lowest BCUT2D eigenvalue weighted by Crippen LogP contribution is -2.38. The quantitative estimate of drug-likeness (QED) is 0.371. The van der Waals surface area contributed by atoms with E-state index in [-0.39, 0.29) is 0 Å². The smallest absolute Gasteiger partial charge is 0.190 e. The average Bonchev–Trinajstić information content (AvgIpc) is 3.41. The molecule has 1 aromatic rings. The van der Waals surface area contributed by atoms with Crippen molar-refractivity contribution in [3.8, 4) is 5.75 Å². The molecule has 0 spiro atoms. The van der Waals surface area contributed by atoms with Gasteiger partial charge in [-0.1, -0.05) is 17.7 Å². The molecule has 0 atom stereocenters. The molecule has 2 rings (SSSR count). The van der Waals surface area contributed by atoms with Crippen LogP contribution in [0, 0.1) is 12.8 Å². The molecule has 0 radical (unpaired) electrons.